The minimum Gasteiger partial charge on any atom is -0.463 e. The zero-order valence-corrected chi connectivity index (χ0v) is 21.0. The molecule has 1 aliphatic heterocycles. The molecule has 0 aromatic rings. The van der Waals surface area contributed by atoms with Gasteiger partial charge in [-0.3, -0.25) is 19.2 Å². The van der Waals surface area contributed by atoms with Gasteiger partial charge in [-0.2, -0.15) is 0 Å². The van der Waals surface area contributed by atoms with Gasteiger partial charge in [0.15, 0.2) is 24.6 Å². The summed E-state index contributed by atoms with van der Waals surface area (Å²) in [5.41, 5.74) is 0. The maximum absolute atomic E-state index is 12.5. The molecule has 0 N–H and O–H groups in total. The van der Waals surface area contributed by atoms with Crippen molar-refractivity contribution in [1.29, 1.82) is 0 Å². The largest absolute Gasteiger partial charge is 0.463 e. The van der Waals surface area contributed by atoms with Crippen molar-refractivity contribution in [3.8, 4) is 0 Å². The van der Waals surface area contributed by atoms with Crippen LogP contribution in [0.15, 0.2) is 0 Å². The molecule has 2 unspecified atom stereocenters. The van der Waals surface area contributed by atoms with E-state index in [1.807, 2.05) is 0 Å². The Morgan fingerprint density at radius 3 is 1.42 bits per heavy atom. The molecule has 5 atom stereocenters. The molecule has 1 aliphatic rings. The SMILES string of the molecule is CO[C@H]1OC(COC(=O)C(C)C)[C@@H](OC(=O)C(C)C)[C@H](OC(=O)C(C)C)C1OC(=O)C(C)C. The summed E-state index contributed by atoms with van der Waals surface area (Å²) >= 11 is 0. The van der Waals surface area contributed by atoms with Gasteiger partial charge in [-0.05, 0) is 0 Å². The Hall–Kier alpha value is -2.20. The maximum atomic E-state index is 12.5. The van der Waals surface area contributed by atoms with Gasteiger partial charge in [-0.25, -0.2) is 0 Å². The Morgan fingerprint density at radius 1 is 0.636 bits per heavy atom. The van der Waals surface area contributed by atoms with E-state index < -0.39 is 78.3 Å². The topological polar surface area (TPSA) is 124 Å². The fraction of sp³-hybridized carbons (Fsp3) is 0.826. The molecule has 10 nitrogen and oxygen atoms in total. The zero-order valence-electron chi connectivity index (χ0n) is 21.0. The van der Waals surface area contributed by atoms with E-state index in [0.717, 1.165) is 0 Å². The Balaban J connectivity index is 3.40. The van der Waals surface area contributed by atoms with Crippen LogP contribution in [0.2, 0.25) is 0 Å². The minimum atomic E-state index is -1.24. The second-order valence-corrected chi connectivity index (χ2v) is 9.23. The second-order valence-electron chi connectivity index (χ2n) is 9.23. The van der Waals surface area contributed by atoms with Crippen molar-refractivity contribution in [2.75, 3.05) is 13.7 Å². The predicted molar refractivity (Wildman–Crippen MR) is 116 cm³/mol. The summed E-state index contributed by atoms with van der Waals surface area (Å²) in [4.78, 5) is 49.5. The summed E-state index contributed by atoms with van der Waals surface area (Å²) in [5, 5.41) is 0. The number of methoxy groups -OCH3 is 1. The molecule has 0 radical (unpaired) electrons. The quantitative estimate of drug-likeness (QED) is 0.344. The van der Waals surface area contributed by atoms with Crippen LogP contribution in [0.1, 0.15) is 55.4 Å². The Kier molecular flexibility index (Phi) is 11.3. The first-order valence-electron chi connectivity index (χ1n) is 11.3. The third-order valence-electron chi connectivity index (χ3n) is 4.86. The number of carbonyl (C=O) groups is 4. The molecular formula is C23H38O10. The molecule has 0 aromatic carbocycles. The summed E-state index contributed by atoms with van der Waals surface area (Å²) in [6, 6.07) is 0. The van der Waals surface area contributed by atoms with Crippen molar-refractivity contribution in [2.45, 2.75) is 86.1 Å². The highest BCUT2D eigenvalue weighted by atomic mass is 16.7. The van der Waals surface area contributed by atoms with Gasteiger partial charge in [0.1, 0.15) is 12.7 Å². The maximum Gasteiger partial charge on any atom is 0.308 e. The summed E-state index contributed by atoms with van der Waals surface area (Å²) in [7, 11) is 1.33. The van der Waals surface area contributed by atoms with E-state index in [1.54, 1.807) is 55.4 Å². The van der Waals surface area contributed by atoms with Crippen molar-refractivity contribution in [2.24, 2.45) is 23.7 Å². The van der Waals surface area contributed by atoms with Crippen molar-refractivity contribution in [1.82, 2.24) is 0 Å². The minimum absolute atomic E-state index is 0.284. The summed E-state index contributed by atoms with van der Waals surface area (Å²) < 4.78 is 33.4. The average Bonchev–Trinajstić information content (AvgIpc) is 2.73. The molecule has 0 saturated carbocycles. The normalized spacial score (nSPS) is 25.3. The molecule has 190 valence electrons. The Labute approximate surface area is 195 Å². The zero-order chi connectivity index (χ0) is 25.5. The highest BCUT2D eigenvalue weighted by Crippen LogP contribution is 2.31. The fourth-order valence-corrected chi connectivity index (χ4v) is 2.75. The van der Waals surface area contributed by atoms with Crippen LogP contribution in [0.4, 0.5) is 0 Å². The predicted octanol–water partition coefficient (Wildman–Crippen LogP) is 2.26. The first-order chi connectivity index (χ1) is 15.3. The van der Waals surface area contributed by atoms with Crippen LogP contribution < -0.4 is 0 Å². The average molecular weight is 475 g/mol. The van der Waals surface area contributed by atoms with E-state index >= 15 is 0 Å². The third kappa shape index (κ3) is 8.26. The van der Waals surface area contributed by atoms with E-state index in [0.29, 0.717) is 0 Å². The molecule has 1 fully saturated rings. The summed E-state index contributed by atoms with van der Waals surface area (Å²) in [5.74, 6) is -4.11. The molecule has 33 heavy (non-hydrogen) atoms. The van der Waals surface area contributed by atoms with E-state index in [1.165, 1.54) is 7.11 Å². The van der Waals surface area contributed by atoms with E-state index in [2.05, 4.69) is 0 Å². The van der Waals surface area contributed by atoms with Crippen molar-refractivity contribution >= 4 is 23.9 Å². The standard InChI is InChI=1S/C23H38O10/c1-11(2)19(24)29-10-15-16(31-20(25)12(3)4)17(32-21(26)13(5)6)18(23(28-9)30-15)33-22(27)14(7)8/h11-18,23H,10H2,1-9H3/t15?,16-,17+,18?,23+/m1/s1. The van der Waals surface area contributed by atoms with E-state index in [9.17, 15) is 19.2 Å². The van der Waals surface area contributed by atoms with Gasteiger partial charge in [-0.15, -0.1) is 0 Å². The first-order valence-corrected chi connectivity index (χ1v) is 11.3. The molecule has 1 heterocycles. The fourth-order valence-electron chi connectivity index (χ4n) is 2.75. The van der Waals surface area contributed by atoms with Gasteiger partial charge in [0.2, 0.25) is 0 Å². The van der Waals surface area contributed by atoms with Crippen LogP contribution in [0.3, 0.4) is 0 Å². The number of carbonyl (C=O) groups excluding carboxylic acids is 4. The van der Waals surface area contributed by atoms with Gasteiger partial charge in [0.05, 0.1) is 23.7 Å². The number of ether oxygens (including phenoxy) is 6. The highest BCUT2D eigenvalue weighted by Gasteiger charge is 2.53. The lowest BCUT2D eigenvalue weighted by atomic mass is 9.97. The van der Waals surface area contributed by atoms with Crippen molar-refractivity contribution in [3.05, 3.63) is 0 Å². The lowest BCUT2D eigenvalue weighted by Crippen LogP contribution is -2.63. The highest BCUT2D eigenvalue weighted by molar-refractivity contribution is 5.74. The lowest BCUT2D eigenvalue weighted by Gasteiger charge is -2.44. The first kappa shape index (κ1) is 28.8. The lowest BCUT2D eigenvalue weighted by molar-refractivity contribution is -0.304. The van der Waals surface area contributed by atoms with Gasteiger partial charge < -0.3 is 28.4 Å². The monoisotopic (exact) mass is 474 g/mol. The van der Waals surface area contributed by atoms with Gasteiger partial charge in [0.25, 0.3) is 0 Å². The Bertz CT molecular complexity index is 685. The molecule has 0 bridgehead atoms. The van der Waals surface area contributed by atoms with Crippen molar-refractivity contribution < 1.29 is 47.6 Å². The number of hydrogen-bond acceptors (Lipinski definition) is 10. The Morgan fingerprint density at radius 2 is 1.03 bits per heavy atom. The summed E-state index contributed by atoms with van der Waals surface area (Å²) in [6.45, 7) is 12.9. The van der Waals surface area contributed by atoms with Crippen LogP contribution in [-0.4, -0.2) is 68.3 Å². The van der Waals surface area contributed by atoms with E-state index in [4.69, 9.17) is 28.4 Å². The van der Waals surface area contributed by atoms with Gasteiger partial charge in [0, 0.05) is 7.11 Å². The summed E-state index contributed by atoms with van der Waals surface area (Å²) in [6.07, 6.45) is -5.85. The van der Waals surface area contributed by atoms with Gasteiger partial charge in [-0.1, -0.05) is 55.4 Å². The molecule has 0 aromatic heterocycles. The molecule has 1 rings (SSSR count). The van der Waals surface area contributed by atoms with E-state index in [-0.39, 0.29) is 6.61 Å². The molecule has 0 aliphatic carbocycles. The smallest absolute Gasteiger partial charge is 0.308 e. The third-order valence-corrected chi connectivity index (χ3v) is 4.86. The van der Waals surface area contributed by atoms with Gasteiger partial charge >= 0.3 is 23.9 Å². The molecule has 0 amide bonds. The van der Waals surface area contributed by atoms with Crippen LogP contribution in [-0.2, 0) is 47.6 Å². The number of esters is 4. The number of rotatable bonds is 10. The van der Waals surface area contributed by atoms with Crippen molar-refractivity contribution in [3.63, 3.8) is 0 Å². The molecular weight excluding hydrogens is 436 g/mol. The molecule has 10 heteroatoms. The van der Waals surface area contributed by atoms with Crippen LogP contribution in [0, 0.1) is 23.7 Å². The van der Waals surface area contributed by atoms with Crippen LogP contribution in [0.5, 0.6) is 0 Å². The molecule has 0 spiro atoms. The van der Waals surface area contributed by atoms with Crippen LogP contribution in [0.25, 0.3) is 0 Å². The number of hydrogen-bond donors (Lipinski definition) is 0. The second kappa shape index (κ2) is 12.9. The van der Waals surface area contributed by atoms with Crippen LogP contribution >= 0.6 is 0 Å². The molecule has 1 saturated heterocycles.